The van der Waals surface area contributed by atoms with Crippen molar-refractivity contribution in [3.63, 3.8) is 0 Å². The summed E-state index contributed by atoms with van der Waals surface area (Å²) in [6.45, 7) is 11.6. The maximum atomic E-state index is 12.6. The van der Waals surface area contributed by atoms with Crippen LogP contribution in [-0.2, 0) is 14.6 Å². The molecule has 7 heteroatoms. The monoisotopic (exact) mass is 382 g/mol. The average Bonchev–Trinajstić information content (AvgIpc) is 2.52. The number of rotatable bonds is 3. The summed E-state index contributed by atoms with van der Waals surface area (Å²) >= 11 is 0. The van der Waals surface area contributed by atoms with Gasteiger partial charge in [-0.25, -0.2) is 13.2 Å². The molecule has 26 heavy (non-hydrogen) atoms. The fraction of sp³-hybridized carbons (Fsp3) is 0.632. The molecule has 0 saturated carbocycles. The summed E-state index contributed by atoms with van der Waals surface area (Å²) in [6, 6.07) is 6.98. The maximum Gasteiger partial charge on any atom is 0.410 e. The fourth-order valence-corrected chi connectivity index (χ4v) is 3.73. The Morgan fingerprint density at radius 3 is 2.42 bits per heavy atom. The second-order valence-electron chi connectivity index (χ2n) is 8.20. The second kappa shape index (κ2) is 7.47. The molecule has 1 aromatic carbocycles. The van der Waals surface area contributed by atoms with Crippen molar-refractivity contribution in [3.05, 3.63) is 24.3 Å². The molecule has 0 radical (unpaired) electrons. The Hall–Kier alpha value is -1.76. The molecule has 0 aromatic heterocycles. The number of carbonyl (C=O) groups is 1. The van der Waals surface area contributed by atoms with Crippen LogP contribution in [0.3, 0.4) is 0 Å². The van der Waals surface area contributed by atoms with Crippen LogP contribution in [0.15, 0.2) is 29.2 Å². The Morgan fingerprint density at radius 2 is 1.88 bits per heavy atom. The largest absolute Gasteiger partial charge is 0.444 e. The van der Waals surface area contributed by atoms with E-state index in [9.17, 15) is 13.2 Å². The summed E-state index contributed by atoms with van der Waals surface area (Å²) in [6.07, 6.45) is 0.921. The van der Waals surface area contributed by atoms with E-state index in [1.807, 2.05) is 26.8 Å². The van der Waals surface area contributed by atoms with Gasteiger partial charge in [-0.2, -0.15) is 0 Å². The van der Waals surface area contributed by atoms with E-state index >= 15 is 0 Å². The number of piperazine rings is 1. The van der Waals surface area contributed by atoms with Crippen LogP contribution in [0.2, 0.25) is 0 Å². The zero-order chi connectivity index (χ0) is 19.7. The third-order valence-electron chi connectivity index (χ3n) is 4.43. The van der Waals surface area contributed by atoms with Crippen LogP contribution < -0.4 is 4.90 Å². The van der Waals surface area contributed by atoms with Gasteiger partial charge in [0.2, 0.25) is 0 Å². The Kier molecular flexibility index (Phi) is 5.90. The van der Waals surface area contributed by atoms with Crippen molar-refractivity contribution in [1.82, 2.24) is 4.90 Å². The highest BCUT2D eigenvalue weighted by Crippen LogP contribution is 2.26. The summed E-state index contributed by atoms with van der Waals surface area (Å²) < 4.78 is 29.2. The standard InChI is InChI=1S/C19H30N2O4S/c1-14(2)17-13-20(10-11-21(17)18(22)25-19(3,4)5)15-8-7-9-16(12-15)26(6,23)24/h7-9,12,14,17H,10-11,13H2,1-6H3. The van der Waals surface area contributed by atoms with E-state index in [2.05, 4.69) is 18.7 Å². The van der Waals surface area contributed by atoms with Gasteiger partial charge in [0.05, 0.1) is 10.9 Å². The van der Waals surface area contributed by atoms with E-state index < -0.39 is 15.4 Å². The summed E-state index contributed by atoms with van der Waals surface area (Å²) in [5.41, 5.74) is 0.335. The van der Waals surface area contributed by atoms with Crippen molar-refractivity contribution in [1.29, 1.82) is 0 Å². The molecule has 2 rings (SSSR count). The van der Waals surface area contributed by atoms with Gasteiger partial charge in [0.15, 0.2) is 9.84 Å². The Morgan fingerprint density at radius 1 is 1.23 bits per heavy atom. The van der Waals surface area contributed by atoms with Gasteiger partial charge in [0.25, 0.3) is 0 Å². The van der Waals surface area contributed by atoms with Crippen LogP contribution >= 0.6 is 0 Å². The SMILES string of the molecule is CC(C)C1CN(c2cccc(S(C)(=O)=O)c2)CCN1C(=O)OC(C)(C)C. The van der Waals surface area contributed by atoms with Gasteiger partial charge in [0.1, 0.15) is 5.60 Å². The highest BCUT2D eigenvalue weighted by atomic mass is 32.2. The Bertz CT molecular complexity index is 753. The first-order valence-corrected chi connectivity index (χ1v) is 10.8. The number of nitrogens with zero attached hydrogens (tertiary/aromatic N) is 2. The molecule has 6 nitrogen and oxygen atoms in total. The van der Waals surface area contributed by atoms with Crippen LogP contribution in [-0.4, -0.2) is 56.9 Å². The zero-order valence-corrected chi connectivity index (χ0v) is 17.3. The molecule has 1 aliphatic rings. The molecular weight excluding hydrogens is 352 g/mol. The number of anilines is 1. The van der Waals surface area contributed by atoms with Crippen molar-refractivity contribution in [2.75, 3.05) is 30.8 Å². The van der Waals surface area contributed by atoms with Gasteiger partial charge < -0.3 is 14.5 Å². The summed E-state index contributed by atoms with van der Waals surface area (Å²) in [5.74, 6) is 0.253. The highest BCUT2D eigenvalue weighted by molar-refractivity contribution is 7.90. The second-order valence-corrected chi connectivity index (χ2v) is 10.2. The number of benzene rings is 1. The summed E-state index contributed by atoms with van der Waals surface area (Å²) in [7, 11) is -3.25. The zero-order valence-electron chi connectivity index (χ0n) is 16.5. The third kappa shape index (κ3) is 5.13. The molecule has 1 fully saturated rings. The predicted octanol–water partition coefficient (Wildman–Crippen LogP) is 3.17. The molecule has 1 amide bonds. The van der Waals surface area contributed by atoms with Crippen molar-refractivity contribution in [2.24, 2.45) is 5.92 Å². The van der Waals surface area contributed by atoms with Gasteiger partial charge in [-0.1, -0.05) is 19.9 Å². The maximum absolute atomic E-state index is 12.6. The quantitative estimate of drug-likeness (QED) is 0.803. The van der Waals surface area contributed by atoms with E-state index in [4.69, 9.17) is 4.74 Å². The smallest absolute Gasteiger partial charge is 0.410 e. The average molecular weight is 383 g/mol. The van der Waals surface area contributed by atoms with Gasteiger partial charge in [-0.05, 0) is 44.9 Å². The van der Waals surface area contributed by atoms with Gasteiger partial charge in [0, 0.05) is 31.6 Å². The van der Waals surface area contributed by atoms with Crippen LogP contribution in [0.25, 0.3) is 0 Å². The number of sulfone groups is 1. The molecule has 1 unspecified atom stereocenters. The molecule has 0 spiro atoms. The molecule has 0 bridgehead atoms. The first-order chi connectivity index (χ1) is 11.9. The molecule has 1 aliphatic heterocycles. The lowest BCUT2D eigenvalue weighted by Crippen LogP contribution is -2.58. The number of carbonyl (C=O) groups excluding carboxylic acids is 1. The van der Waals surface area contributed by atoms with E-state index in [0.717, 1.165) is 5.69 Å². The highest BCUT2D eigenvalue weighted by Gasteiger charge is 2.35. The van der Waals surface area contributed by atoms with E-state index in [1.165, 1.54) is 6.26 Å². The van der Waals surface area contributed by atoms with Crippen LogP contribution in [0.5, 0.6) is 0 Å². The van der Waals surface area contributed by atoms with Crippen molar-refractivity contribution in [2.45, 2.75) is 51.2 Å². The number of amides is 1. The molecule has 0 N–H and O–H groups in total. The van der Waals surface area contributed by atoms with Crippen molar-refractivity contribution >= 4 is 21.6 Å². The normalized spacial score (nSPS) is 19.0. The first kappa shape index (κ1) is 20.6. The summed E-state index contributed by atoms with van der Waals surface area (Å²) in [5, 5.41) is 0. The molecule has 1 heterocycles. The van der Waals surface area contributed by atoms with E-state index in [0.29, 0.717) is 24.5 Å². The van der Waals surface area contributed by atoms with E-state index in [-0.39, 0.29) is 18.1 Å². The summed E-state index contributed by atoms with van der Waals surface area (Å²) in [4.78, 5) is 16.8. The molecule has 1 atom stereocenters. The molecule has 146 valence electrons. The number of hydrogen-bond acceptors (Lipinski definition) is 5. The lowest BCUT2D eigenvalue weighted by atomic mass is 9.99. The molecule has 1 saturated heterocycles. The van der Waals surface area contributed by atoms with Crippen LogP contribution in [0.4, 0.5) is 10.5 Å². The topological polar surface area (TPSA) is 66.9 Å². The molecular formula is C19H30N2O4S. The van der Waals surface area contributed by atoms with Gasteiger partial charge in [-0.3, -0.25) is 0 Å². The Labute approximate surface area is 157 Å². The molecule has 1 aromatic rings. The predicted molar refractivity (Wildman–Crippen MR) is 103 cm³/mol. The van der Waals surface area contributed by atoms with Crippen molar-refractivity contribution in [3.8, 4) is 0 Å². The third-order valence-corrected chi connectivity index (χ3v) is 5.54. The molecule has 0 aliphatic carbocycles. The fourth-order valence-electron chi connectivity index (χ4n) is 3.07. The van der Waals surface area contributed by atoms with Crippen molar-refractivity contribution < 1.29 is 17.9 Å². The van der Waals surface area contributed by atoms with Gasteiger partial charge >= 0.3 is 6.09 Å². The van der Waals surface area contributed by atoms with Crippen LogP contribution in [0, 0.1) is 5.92 Å². The lowest BCUT2D eigenvalue weighted by Gasteiger charge is -2.44. The van der Waals surface area contributed by atoms with Crippen LogP contribution in [0.1, 0.15) is 34.6 Å². The van der Waals surface area contributed by atoms with E-state index in [1.54, 1.807) is 23.1 Å². The van der Waals surface area contributed by atoms with Gasteiger partial charge in [-0.15, -0.1) is 0 Å². The minimum atomic E-state index is -3.25. The number of hydrogen-bond donors (Lipinski definition) is 0. The first-order valence-electron chi connectivity index (χ1n) is 8.93. The minimum absolute atomic E-state index is 0.000454. The Balaban J connectivity index is 2.21. The number of ether oxygens (including phenoxy) is 1. The minimum Gasteiger partial charge on any atom is -0.444 e. The lowest BCUT2D eigenvalue weighted by molar-refractivity contribution is 0.00883.